The second kappa shape index (κ2) is 8.61. The quantitative estimate of drug-likeness (QED) is 0.434. The maximum Gasteiger partial charge on any atom is 0.280 e. The molecule has 0 atom stereocenters. The number of nitrogens with zero attached hydrogens (tertiary/aromatic N) is 2. The van der Waals surface area contributed by atoms with E-state index < -0.39 is 21.5 Å². The Balaban J connectivity index is 1.33. The van der Waals surface area contributed by atoms with Crippen molar-refractivity contribution in [2.75, 3.05) is 12.2 Å². The summed E-state index contributed by atoms with van der Waals surface area (Å²) in [6, 6.07) is 17.4. The zero-order chi connectivity index (χ0) is 23.7. The molecule has 1 aromatic heterocycles. The average molecular weight is 478 g/mol. The molecule has 5 rings (SSSR count). The van der Waals surface area contributed by atoms with Crippen LogP contribution in [0.4, 0.5) is 0 Å². The molecule has 2 heterocycles. The minimum absolute atomic E-state index is 0.0214. The van der Waals surface area contributed by atoms with Gasteiger partial charge in [0.2, 0.25) is 16.8 Å². The first-order valence-corrected chi connectivity index (χ1v) is 11.6. The number of aromatic nitrogens is 2. The third kappa shape index (κ3) is 4.21. The molecule has 2 N–H and O–H groups in total. The molecular formula is C23H18N4O6S. The van der Waals surface area contributed by atoms with Crippen molar-refractivity contribution in [2.45, 2.75) is 11.4 Å². The molecule has 0 saturated heterocycles. The average Bonchev–Trinajstić information content (AvgIpc) is 3.33. The molecule has 1 aliphatic rings. The predicted octanol–water partition coefficient (Wildman–Crippen LogP) is 1.99. The van der Waals surface area contributed by atoms with Gasteiger partial charge in [-0.15, -0.1) is 0 Å². The third-order valence-electron chi connectivity index (χ3n) is 5.20. The Bertz CT molecular complexity index is 1580. The van der Waals surface area contributed by atoms with E-state index in [0.717, 1.165) is 4.68 Å². The number of hydrogen-bond donors (Lipinski definition) is 2. The van der Waals surface area contributed by atoms with Crippen LogP contribution < -0.4 is 25.2 Å². The summed E-state index contributed by atoms with van der Waals surface area (Å²) in [4.78, 5) is 29.4. The van der Waals surface area contributed by atoms with Gasteiger partial charge < -0.3 is 9.47 Å². The van der Waals surface area contributed by atoms with Gasteiger partial charge in [-0.3, -0.25) is 15.0 Å². The van der Waals surface area contributed by atoms with E-state index in [-0.39, 0.29) is 23.8 Å². The first-order valence-electron chi connectivity index (χ1n) is 10.2. The number of ether oxygens (including phenoxy) is 2. The number of amides is 1. The molecule has 1 amide bonds. The lowest BCUT2D eigenvalue weighted by Gasteiger charge is -2.11. The van der Waals surface area contributed by atoms with E-state index in [9.17, 15) is 18.0 Å². The highest BCUT2D eigenvalue weighted by molar-refractivity contribution is 7.89. The van der Waals surface area contributed by atoms with Crippen LogP contribution in [0.1, 0.15) is 15.9 Å². The van der Waals surface area contributed by atoms with Gasteiger partial charge in [0.1, 0.15) is 6.33 Å². The van der Waals surface area contributed by atoms with Crippen LogP contribution in [-0.2, 0) is 16.6 Å². The smallest absolute Gasteiger partial charge is 0.280 e. The first kappa shape index (κ1) is 21.6. The van der Waals surface area contributed by atoms with Gasteiger partial charge >= 0.3 is 0 Å². The number of nitrogens with one attached hydrogen (secondary N) is 2. The summed E-state index contributed by atoms with van der Waals surface area (Å²) in [5.41, 5.74) is 3.24. The minimum atomic E-state index is -3.92. The summed E-state index contributed by atoms with van der Waals surface area (Å²) in [5.74, 6) is 0.492. The van der Waals surface area contributed by atoms with Crippen LogP contribution >= 0.6 is 0 Å². The van der Waals surface area contributed by atoms with Crippen LogP contribution in [0.2, 0.25) is 0 Å². The van der Waals surface area contributed by atoms with Crippen molar-refractivity contribution < 1.29 is 22.7 Å². The fourth-order valence-corrected chi connectivity index (χ4v) is 4.50. The zero-order valence-electron chi connectivity index (χ0n) is 17.6. The lowest BCUT2D eigenvalue weighted by Crippen LogP contribution is -2.33. The number of carbonyl (C=O) groups excluding carboxylic acids is 1. The lowest BCUT2D eigenvalue weighted by molar-refractivity contribution is 0.101. The number of fused-ring (bicyclic) bond motifs is 2. The molecule has 34 heavy (non-hydrogen) atoms. The van der Waals surface area contributed by atoms with Crippen LogP contribution in [-0.4, -0.2) is 30.8 Å². The van der Waals surface area contributed by atoms with Crippen molar-refractivity contribution in [2.24, 2.45) is 0 Å². The van der Waals surface area contributed by atoms with Crippen LogP contribution in [0.5, 0.6) is 11.5 Å². The van der Waals surface area contributed by atoms with Crippen molar-refractivity contribution in [1.29, 1.82) is 0 Å². The third-order valence-corrected chi connectivity index (χ3v) is 6.60. The van der Waals surface area contributed by atoms with Crippen LogP contribution in [0.25, 0.3) is 10.9 Å². The number of sulfonamides is 1. The first-order chi connectivity index (χ1) is 16.4. The van der Waals surface area contributed by atoms with Gasteiger partial charge in [-0.2, -0.15) is 0 Å². The Labute approximate surface area is 193 Å². The molecule has 0 fully saturated rings. The van der Waals surface area contributed by atoms with Gasteiger partial charge in [0, 0.05) is 12.1 Å². The maximum absolute atomic E-state index is 12.8. The number of para-hydroxylation sites is 1. The Morgan fingerprint density at radius 2 is 1.82 bits per heavy atom. The second-order valence-corrected chi connectivity index (χ2v) is 9.18. The molecule has 1 aliphatic heterocycles. The van der Waals surface area contributed by atoms with E-state index in [1.807, 2.05) is 0 Å². The SMILES string of the molecule is O=C(Nn1cnc2ccccc2c1=O)c1cccc(S(=O)(=O)NCc2ccc3c(c2)OCO3)c1. The Hall–Kier alpha value is -4.22. The van der Waals surface area contributed by atoms with E-state index >= 15 is 0 Å². The predicted molar refractivity (Wildman–Crippen MR) is 123 cm³/mol. The fourth-order valence-electron chi connectivity index (χ4n) is 3.44. The topological polar surface area (TPSA) is 129 Å². The highest BCUT2D eigenvalue weighted by Crippen LogP contribution is 2.32. The Kier molecular flexibility index (Phi) is 5.48. The number of rotatable bonds is 6. The Morgan fingerprint density at radius 1 is 1.00 bits per heavy atom. The fraction of sp³-hybridized carbons (Fsp3) is 0.0870. The van der Waals surface area contributed by atoms with E-state index in [2.05, 4.69) is 15.1 Å². The molecule has 0 bridgehead atoms. The number of benzene rings is 3. The molecule has 11 heteroatoms. The summed E-state index contributed by atoms with van der Waals surface area (Å²) in [6.07, 6.45) is 1.20. The summed E-state index contributed by atoms with van der Waals surface area (Å²) in [6.45, 7) is 0.147. The van der Waals surface area contributed by atoms with Crippen molar-refractivity contribution >= 4 is 26.8 Å². The van der Waals surface area contributed by atoms with E-state index in [0.29, 0.717) is 28.0 Å². The monoisotopic (exact) mass is 478 g/mol. The van der Waals surface area contributed by atoms with Crippen molar-refractivity contribution in [3.63, 3.8) is 0 Å². The van der Waals surface area contributed by atoms with Gasteiger partial charge in [0.15, 0.2) is 11.5 Å². The molecule has 4 aromatic rings. The number of hydrogen-bond acceptors (Lipinski definition) is 7. The molecule has 10 nitrogen and oxygen atoms in total. The highest BCUT2D eigenvalue weighted by atomic mass is 32.2. The maximum atomic E-state index is 12.8. The minimum Gasteiger partial charge on any atom is -0.454 e. The summed E-state index contributed by atoms with van der Waals surface area (Å²) >= 11 is 0. The summed E-state index contributed by atoms with van der Waals surface area (Å²) in [5, 5.41) is 0.342. The van der Waals surface area contributed by atoms with Crippen LogP contribution in [0.3, 0.4) is 0 Å². The normalized spacial score (nSPS) is 12.6. The molecule has 0 aliphatic carbocycles. The van der Waals surface area contributed by atoms with Crippen LogP contribution in [0.15, 0.2) is 82.7 Å². The molecule has 0 saturated carbocycles. The molecule has 3 aromatic carbocycles. The van der Waals surface area contributed by atoms with E-state index in [1.165, 1.54) is 30.6 Å². The van der Waals surface area contributed by atoms with Gasteiger partial charge in [-0.1, -0.05) is 24.3 Å². The van der Waals surface area contributed by atoms with Gasteiger partial charge in [-0.05, 0) is 48.0 Å². The zero-order valence-corrected chi connectivity index (χ0v) is 18.4. The second-order valence-electron chi connectivity index (χ2n) is 7.42. The summed E-state index contributed by atoms with van der Waals surface area (Å²) in [7, 11) is -3.92. The van der Waals surface area contributed by atoms with Gasteiger partial charge in [0.05, 0.1) is 15.8 Å². The number of carbonyl (C=O) groups is 1. The Morgan fingerprint density at radius 3 is 2.71 bits per heavy atom. The molecule has 0 spiro atoms. The largest absolute Gasteiger partial charge is 0.454 e. The highest BCUT2D eigenvalue weighted by Gasteiger charge is 2.18. The molecular weight excluding hydrogens is 460 g/mol. The molecule has 0 unspecified atom stereocenters. The van der Waals surface area contributed by atoms with Gasteiger partial charge in [-0.25, -0.2) is 22.8 Å². The van der Waals surface area contributed by atoms with Gasteiger partial charge in [0.25, 0.3) is 11.5 Å². The standard InChI is InChI=1S/C23H18N4O6S/c28-22(26-27-13-24-19-7-2-1-6-18(19)23(27)29)16-4-3-5-17(11-16)34(30,31)25-12-15-8-9-20-21(10-15)33-14-32-20/h1-11,13,25H,12,14H2,(H,26,28). The molecule has 0 radical (unpaired) electrons. The van der Waals surface area contributed by atoms with E-state index in [1.54, 1.807) is 42.5 Å². The van der Waals surface area contributed by atoms with Crippen molar-refractivity contribution in [3.05, 3.63) is 94.5 Å². The van der Waals surface area contributed by atoms with Crippen molar-refractivity contribution in [3.8, 4) is 11.5 Å². The van der Waals surface area contributed by atoms with Crippen LogP contribution in [0, 0.1) is 0 Å². The van der Waals surface area contributed by atoms with Crippen molar-refractivity contribution in [1.82, 2.24) is 14.4 Å². The summed E-state index contributed by atoms with van der Waals surface area (Å²) < 4.78 is 39.6. The van der Waals surface area contributed by atoms with E-state index in [4.69, 9.17) is 9.47 Å². The lowest BCUT2D eigenvalue weighted by atomic mass is 10.2. The molecule has 172 valence electrons.